The van der Waals surface area contributed by atoms with Gasteiger partial charge in [-0.3, -0.25) is 9.48 Å². The number of rotatable bonds is 9. The Kier molecular flexibility index (Phi) is 8.67. The van der Waals surface area contributed by atoms with Crippen LogP contribution in [0.3, 0.4) is 0 Å². The summed E-state index contributed by atoms with van der Waals surface area (Å²) in [5, 5.41) is 18.2. The van der Waals surface area contributed by atoms with Gasteiger partial charge < -0.3 is 15.2 Å². The zero-order chi connectivity index (χ0) is 31.0. The molecule has 0 atom stereocenters. The van der Waals surface area contributed by atoms with Crippen molar-refractivity contribution in [3.8, 4) is 16.9 Å². The van der Waals surface area contributed by atoms with Crippen LogP contribution in [-0.4, -0.2) is 33.4 Å². The van der Waals surface area contributed by atoms with Crippen LogP contribution in [0.15, 0.2) is 54.1 Å². The number of carbonyl (C=O) groups is 2. The second-order valence-corrected chi connectivity index (χ2v) is 11.7. The molecule has 3 aromatic carbocycles. The molecule has 0 saturated carbocycles. The minimum Gasteiger partial charge on any atom is -0.494 e. The lowest BCUT2D eigenvalue weighted by atomic mass is 9.93. The third-order valence-electron chi connectivity index (χ3n) is 7.98. The Labute approximate surface area is 261 Å². The third-order valence-corrected chi connectivity index (χ3v) is 8.89. The van der Waals surface area contributed by atoms with Crippen LogP contribution < -0.4 is 10.1 Å². The number of nitrogens with one attached hydrogen (secondary N) is 1. The molecule has 1 aliphatic carbocycles. The van der Waals surface area contributed by atoms with E-state index in [0.717, 1.165) is 61.1 Å². The molecule has 4 aromatic rings. The van der Waals surface area contributed by atoms with Crippen LogP contribution in [0.5, 0.6) is 5.75 Å². The Bertz CT molecular complexity index is 1770. The lowest BCUT2D eigenvalue weighted by Gasteiger charge is -2.14. The molecule has 1 amide bonds. The normalized spacial score (nSPS) is 12.4. The number of carboxylic acid groups (broad SMARTS) is 1. The summed E-state index contributed by atoms with van der Waals surface area (Å²) >= 11 is 13.2. The van der Waals surface area contributed by atoms with E-state index >= 15 is 0 Å². The van der Waals surface area contributed by atoms with Crippen LogP contribution in [-0.2, 0) is 18.3 Å². The first-order chi connectivity index (χ1) is 20.5. The Hall–Kier alpha value is -4.07. The van der Waals surface area contributed by atoms with E-state index in [4.69, 9.17) is 27.9 Å². The van der Waals surface area contributed by atoms with Crippen LogP contribution in [0.25, 0.3) is 16.7 Å². The zero-order valence-corrected chi connectivity index (χ0v) is 26.3. The molecule has 0 spiro atoms. The standard InChI is InChI=1S/C34H33Cl2N3O4/c1-18-15-24(16-19(2)32(18)36)43-14-6-7-25-26-12-13-29(35)31(30-20(3)38-39(5)21(30)4)27(26)17-28(25)33(40)37-23-10-8-22(9-11-23)34(41)42/h8-13,15-16H,6-7,14,17H2,1-5H3,(H,37,40)(H,41,42). The van der Waals surface area contributed by atoms with E-state index in [0.29, 0.717) is 42.2 Å². The highest BCUT2D eigenvalue weighted by atomic mass is 35.5. The van der Waals surface area contributed by atoms with Gasteiger partial charge in [0.1, 0.15) is 5.75 Å². The predicted octanol–water partition coefficient (Wildman–Crippen LogP) is 8.13. The predicted molar refractivity (Wildman–Crippen MR) is 171 cm³/mol. The lowest BCUT2D eigenvalue weighted by Crippen LogP contribution is -2.15. The van der Waals surface area contributed by atoms with Crippen molar-refractivity contribution in [1.29, 1.82) is 0 Å². The van der Waals surface area contributed by atoms with Crippen molar-refractivity contribution in [3.05, 3.63) is 103 Å². The van der Waals surface area contributed by atoms with Gasteiger partial charge in [0.25, 0.3) is 5.91 Å². The van der Waals surface area contributed by atoms with Crippen molar-refractivity contribution in [3.63, 3.8) is 0 Å². The molecule has 5 rings (SSSR count). The van der Waals surface area contributed by atoms with E-state index in [1.807, 2.05) is 63.7 Å². The molecular weight excluding hydrogens is 585 g/mol. The van der Waals surface area contributed by atoms with Crippen molar-refractivity contribution < 1.29 is 19.4 Å². The number of anilines is 1. The molecule has 0 fully saturated rings. The molecule has 0 saturated heterocycles. The summed E-state index contributed by atoms with van der Waals surface area (Å²) in [4.78, 5) is 25.0. The average molecular weight is 619 g/mol. The number of allylic oxidation sites excluding steroid dienone is 1. The van der Waals surface area contributed by atoms with Crippen molar-refractivity contribution >= 4 is 46.3 Å². The lowest BCUT2D eigenvalue weighted by molar-refractivity contribution is -0.112. The minimum absolute atomic E-state index is 0.152. The highest BCUT2D eigenvalue weighted by Crippen LogP contribution is 2.45. The van der Waals surface area contributed by atoms with E-state index in [2.05, 4.69) is 10.4 Å². The number of halogens is 2. The summed E-state index contributed by atoms with van der Waals surface area (Å²) in [6, 6.07) is 13.9. The van der Waals surface area contributed by atoms with Crippen LogP contribution in [0.2, 0.25) is 10.0 Å². The number of carboxylic acids is 1. The first kappa shape index (κ1) is 30.4. The molecule has 1 aliphatic rings. The number of benzene rings is 3. The van der Waals surface area contributed by atoms with E-state index in [1.165, 1.54) is 12.1 Å². The number of amides is 1. The summed E-state index contributed by atoms with van der Waals surface area (Å²) < 4.78 is 7.92. The molecular formula is C34H33Cl2N3O4. The third kappa shape index (κ3) is 6.05. The molecule has 222 valence electrons. The number of nitrogens with zero attached hydrogens (tertiary/aromatic N) is 2. The number of carbonyl (C=O) groups excluding carboxylic acids is 1. The van der Waals surface area contributed by atoms with Gasteiger partial charge in [-0.25, -0.2) is 4.79 Å². The monoisotopic (exact) mass is 617 g/mol. The maximum atomic E-state index is 13.8. The van der Waals surface area contributed by atoms with Gasteiger partial charge in [0.05, 0.1) is 17.9 Å². The highest BCUT2D eigenvalue weighted by molar-refractivity contribution is 6.34. The minimum atomic E-state index is -1.02. The van der Waals surface area contributed by atoms with E-state index < -0.39 is 5.97 Å². The van der Waals surface area contributed by atoms with Crippen molar-refractivity contribution in [1.82, 2.24) is 9.78 Å². The molecule has 43 heavy (non-hydrogen) atoms. The Morgan fingerprint density at radius 2 is 1.67 bits per heavy atom. The quantitative estimate of drug-likeness (QED) is 0.185. The fourth-order valence-electron chi connectivity index (χ4n) is 5.77. The molecule has 0 aliphatic heterocycles. The molecule has 0 radical (unpaired) electrons. The average Bonchev–Trinajstić information content (AvgIpc) is 3.45. The van der Waals surface area contributed by atoms with Crippen LogP contribution >= 0.6 is 23.2 Å². The molecule has 1 heterocycles. The van der Waals surface area contributed by atoms with Gasteiger partial charge in [0.15, 0.2) is 0 Å². The van der Waals surface area contributed by atoms with Crippen molar-refractivity contribution in [2.24, 2.45) is 7.05 Å². The summed E-state index contributed by atoms with van der Waals surface area (Å²) in [6.45, 7) is 8.35. The second-order valence-electron chi connectivity index (χ2n) is 10.9. The first-order valence-electron chi connectivity index (χ1n) is 14.0. The Morgan fingerprint density at radius 3 is 2.28 bits per heavy atom. The smallest absolute Gasteiger partial charge is 0.335 e. The molecule has 7 nitrogen and oxygen atoms in total. The maximum Gasteiger partial charge on any atom is 0.335 e. The van der Waals surface area contributed by atoms with Crippen LogP contribution in [0.4, 0.5) is 5.69 Å². The summed E-state index contributed by atoms with van der Waals surface area (Å²) in [5.41, 5.74) is 9.92. The number of aromatic nitrogens is 2. The number of hydrogen-bond donors (Lipinski definition) is 2. The highest BCUT2D eigenvalue weighted by Gasteiger charge is 2.31. The SMILES string of the molecule is Cc1cc(OCCCC2=C(C(=O)Nc3ccc(C(=O)O)cc3)Cc3c2ccc(Cl)c3-c2c(C)nn(C)c2C)cc(C)c1Cl. The van der Waals surface area contributed by atoms with Gasteiger partial charge in [0.2, 0.25) is 0 Å². The molecule has 1 aromatic heterocycles. The van der Waals surface area contributed by atoms with Gasteiger partial charge in [0, 0.05) is 51.6 Å². The fraction of sp³-hybridized carbons (Fsp3) is 0.265. The van der Waals surface area contributed by atoms with Crippen molar-refractivity contribution in [2.45, 2.75) is 47.0 Å². The number of fused-ring (bicyclic) bond motifs is 1. The summed E-state index contributed by atoms with van der Waals surface area (Å²) in [6.07, 6.45) is 1.71. The van der Waals surface area contributed by atoms with Crippen molar-refractivity contribution in [2.75, 3.05) is 11.9 Å². The number of aryl methyl sites for hydroxylation is 4. The summed E-state index contributed by atoms with van der Waals surface area (Å²) in [7, 11) is 1.91. The molecule has 2 N–H and O–H groups in total. The number of ether oxygens (including phenoxy) is 1. The number of aromatic carboxylic acids is 1. The molecule has 0 unspecified atom stereocenters. The Balaban J connectivity index is 1.46. The van der Waals surface area contributed by atoms with Gasteiger partial charge in [-0.1, -0.05) is 29.3 Å². The van der Waals surface area contributed by atoms with Gasteiger partial charge in [-0.05, 0) is 111 Å². The van der Waals surface area contributed by atoms with Gasteiger partial charge in [-0.2, -0.15) is 5.10 Å². The molecule has 9 heteroatoms. The summed E-state index contributed by atoms with van der Waals surface area (Å²) in [5.74, 6) is -0.494. The van der Waals surface area contributed by atoms with Crippen LogP contribution in [0.1, 0.15) is 56.8 Å². The zero-order valence-electron chi connectivity index (χ0n) is 24.8. The fourth-order valence-corrected chi connectivity index (χ4v) is 6.15. The Morgan fingerprint density at radius 1 is 1.00 bits per heavy atom. The number of hydrogen-bond acceptors (Lipinski definition) is 4. The maximum absolute atomic E-state index is 13.8. The largest absolute Gasteiger partial charge is 0.494 e. The van der Waals surface area contributed by atoms with Crippen LogP contribution in [0, 0.1) is 27.7 Å². The topological polar surface area (TPSA) is 93.4 Å². The van der Waals surface area contributed by atoms with Gasteiger partial charge >= 0.3 is 5.97 Å². The molecule has 0 bridgehead atoms. The van der Waals surface area contributed by atoms with E-state index in [9.17, 15) is 14.7 Å². The first-order valence-corrected chi connectivity index (χ1v) is 14.8. The van der Waals surface area contributed by atoms with Gasteiger partial charge in [-0.15, -0.1) is 0 Å². The van der Waals surface area contributed by atoms with E-state index in [1.54, 1.807) is 12.1 Å². The van der Waals surface area contributed by atoms with E-state index in [-0.39, 0.29) is 11.5 Å². The second kappa shape index (κ2) is 12.3.